The van der Waals surface area contributed by atoms with Gasteiger partial charge in [-0.25, -0.2) is 9.78 Å². The first kappa shape index (κ1) is 19.9. The quantitative estimate of drug-likeness (QED) is 0.795. The van der Waals surface area contributed by atoms with Gasteiger partial charge in [0.2, 0.25) is 0 Å². The van der Waals surface area contributed by atoms with Gasteiger partial charge in [0.15, 0.2) is 0 Å². The van der Waals surface area contributed by atoms with Gasteiger partial charge in [0.05, 0.1) is 29.6 Å². The molecule has 6 nitrogen and oxygen atoms in total. The number of amides is 1. The molecule has 1 aliphatic heterocycles. The molecule has 1 aromatic carbocycles. The molecule has 2 aromatic rings. The Hall–Kier alpha value is -2.81. The van der Waals surface area contributed by atoms with Crippen molar-refractivity contribution in [3.63, 3.8) is 0 Å². The zero-order chi connectivity index (χ0) is 20.3. The van der Waals surface area contributed by atoms with Gasteiger partial charge in [0.1, 0.15) is 11.4 Å². The van der Waals surface area contributed by atoms with Crippen LogP contribution in [0.4, 0.5) is 4.79 Å². The summed E-state index contributed by atoms with van der Waals surface area (Å²) >= 11 is 0. The molecule has 0 N–H and O–H groups in total. The summed E-state index contributed by atoms with van der Waals surface area (Å²) in [5, 5.41) is 8.97. The Morgan fingerprint density at radius 2 is 2.00 bits per heavy atom. The van der Waals surface area contributed by atoms with E-state index in [1.54, 1.807) is 0 Å². The van der Waals surface area contributed by atoms with Crippen molar-refractivity contribution in [3.8, 4) is 6.07 Å². The van der Waals surface area contributed by atoms with Crippen molar-refractivity contribution in [2.45, 2.75) is 65.1 Å². The summed E-state index contributed by atoms with van der Waals surface area (Å²) in [6.45, 7) is 9.12. The minimum Gasteiger partial charge on any atom is -0.444 e. The highest BCUT2D eigenvalue weighted by molar-refractivity contribution is 5.69. The predicted octanol–water partition coefficient (Wildman–Crippen LogP) is 4.24. The number of nitrogens with zero attached hydrogens (tertiary/aromatic N) is 4. The number of ether oxygens (including phenoxy) is 1. The van der Waals surface area contributed by atoms with E-state index in [-0.39, 0.29) is 12.1 Å². The summed E-state index contributed by atoms with van der Waals surface area (Å²) in [5.74, 6) is 1.06. The van der Waals surface area contributed by atoms with E-state index in [0.29, 0.717) is 12.1 Å². The van der Waals surface area contributed by atoms with E-state index in [0.717, 1.165) is 42.9 Å². The average molecular weight is 380 g/mol. The topological polar surface area (TPSA) is 71.2 Å². The molecule has 1 aromatic heterocycles. The molecule has 1 unspecified atom stereocenters. The Kier molecular flexibility index (Phi) is 5.73. The summed E-state index contributed by atoms with van der Waals surface area (Å²) in [5.41, 5.74) is 2.35. The second kappa shape index (κ2) is 8.05. The van der Waals surface area contributed by atoms with Gasteiger partial charge in [-0.15, -0.1) is 0 Å². The number of carbonyl (C=O) groups is 1. The zero-order valence-corrected chi connectivity index (χ0v) is 17.1. The number of hydrogen-bond donors (Lipinski definition) is 0. The molecule has 1 amide bonds. The Balaban J connectivity index is 1.83. The zero-order valence-electron chi connectivity index (χ0n) is 17.1. The highest BCUT2D eigenvalue weighted by atomic mass is 16.6. The van der Waals surface area contributed by atoms with Crippen molar-refractivity contribution >= 4 is 6.09 Å². The van der Waals surface area contributed by atoms with Gasteiger partial charge in [-0.3, -0.25) is 4.90 Å². The molecule has 28 heavy (non-hydrogen) atoms. The normalized spacial score (nSPS) is 16.4. The standard InChI is InChI=1S/C22H28N4O2/c1-5-20-24-15-19-18(11-10-16-6-8-17(14-23)9-7-16)26(13-12-25(19)20)21(27)28-22(2,3)4/h6-9,15,18H,5,10-13H2,1-4H3. The number of aromatic nitrogens is 2. The molecule has 0 bridgehead atoms. The van der Waals surface area contributed by atoms with Crippen LogP contribution in [0, 0.1) is 11.3 Å². The first-order valence-corrected chi connectivity index (χ1v) is 9.85. The highest BCUT2D eigenvalue weighted by Crippen LogP contribution is 2.32. The third-order valence-corrected chi connectivity index (χ3v) is 4.98. The number of carbonyl (C=O) groups excluding carboxylic acids is 1. The van der Waals surface area contributed by atoms with Crippen LogP contribution in [0.2, 0.25) is 0 Å². The Morgan fingerprint density at radius 3 is 2.61 bits per heavy atom. The number of fused-ring (bicyclic) bond motifs is 1. The van der Waals surface area contributed by atoms with Crippen LogP contribution in [0.3, 0.4) is 0 Å². The number of aryl methyl sites for hydroxylation is 2. The third-order valence-electron chi connectivity index (χ3n) is 4.98. The minimum atomic E-state index is -0.527. The summed E-state index contributed by atoms with van der Waals surface area (Å²) < 4.78 is 7.90. The largest absolute Gasteiger partial charge is 0.444 e. The monoisotopic (exact) mass is 380 g/mol. The molecule has 0 saturated carbocycles. The van der Waals surface area contributed by atoms with E-state index in [4.69, 9.17) is 10.00 Å². The molecule has 0 aliphatic carbocycles. The third kappa shape index (κ3) is 4.36. The van der Waals surface area contributed by atoms with Crippen molar-refractivity contribution in [1.82, 2.24) is 14.5 Å². The first-order valence-electron chi connectivity index (χ1n) is 9.85. The van der Waals surface area contributed by atoms with Crippen LogP contribution < -0.4 is 0 Å². The maximum absolute atomic E-state index is 12.8. The van der Waals surface area contributed by atoms with E-state index < -0.39 is 5.60 Å². The summed E-state index contributed by atoms with van der Waals surface area (Å²) in [6.07, 6.45) is 4.08. The fraction of sp³-hybridized carbons (Fsp3) is 0.500. The number of rotatable bonds is 4. The van der Waals surface area contributed by atoms with E-state index in [9.17, 15) is 4.79 Å². The molecule has 6 heteroatoms. The summed E-state index contributed by atoms with van der Waals surface area (Å²) in [6, 6.07) is 9.70. The van der Waals surface area contributed by atoms with Crippen LogP contribution in [-0.2, 0) is 24.1 Å². The van der Waals surface area contributed by atoms with Crippen LogP contribution >= 0.6 is 0 Å². The van der Waals surface area contributed by atoms with Crippen LogP contribution in [-0.4, -0.2) is 32.7 Å². The maximum atomic E-state index is 12.8. The summed E-state index contributed by atoms with van der Waals surface area (Å²) in [4.78, 5) is 19.2. The molecule has 2 heterocycles. The molecule has 0 fully saturated rings. The first-order chi connectivity index (χ1) is 13.3. The van der Waals surface area contributed by atoms with Crippen LogP contribution in [0.5, 0.6) is 0 Å². The van der Waals surface area contributed by atoms with Crippen molar-refractivity contribution in [1.29, 1.82) is 5.26 Å². The molecule has 148 valence electrons. The smallest absolute Gasteiger partial charge is 0.410 e. The molecule has 3 rings (SSSR count). The van der Waals surface area contributed by atoms with Gasteiger partial charge in [-0.1, -0.05) is 19.1 Å². The van der Waals surface area contributed by atoms with Gasteiger partial charge in [0, 0.05) is 19.5 Å². The van der Waals surface area contributed by atoms with Crippen LogP contribution in [0.15, 0.2) is 30.5 Å². The van der Waals surface area contributed by atoms with Gasteiger partial charge in [-0.05, 0) is 51.3 Å². The van der Waals surface area contributed by atoms with Crippen LogP contribution in [0.1, 0.15) is 62.8 Å². The van der Waals surface area contributed by atoms with E-state index >= 15 is 0 Å². The number of nitriles is 1. The average Bonchev–Trinajstić information content (AvgIpc) is 3.08. The number of imidazole rings is 1. The lowest BCUT2D eigenvalue weighted by Crippen LogP contribution is -2.44. The van der Waals surface area contributed by atoms with Crippen molar-refractivity contribution in [2.75, 3.05) is 6.54 Å². The Labute approximate surface area is 166 Å². The molecular formula is C22H28N4O2. The fourth-order valence-electron chi connectivity index (χ4n) is 3.65. The lowest BCUT2D eigenvalue weighted by molar-refractivity contribution is 0.00947. The van der Waals surface area contributed by atoms with Gasteiger partial charge in [0.25, 0.3) is 0 Å². The Bertz CT molecular complexity index is 871. The number of benzene rings is 1. The van der Waals surface area contributed by atoms with Crippen molar-refractivity contribution in [3.05, 3.63) is 53.1 Å². The highest BCUT2D eigenvalue weighted by Gasteiger charge is 2.34. The summed E-state index contributed by atoms with van der Waals surface area (Å²) in [7, 11) is 0. The lowest BCUT2D eigenvalue weighted by atomic mass is 10.00. The fourth-order valence-corrected chi connectivity index (χ4v) is 3.65. The van der Waals surface area contributed by atoms with Crippen molar-refractivity contribution < 1.29 is 9.53 Å². The molecule has 0 spiro atoms. The van der Waals surface area contributed by atoms with Gasteiger partial charge < -0.3 is 9.30 Å². The molecular weight excluding hydrogens is 352 g/mol. The van der Waals surface area contributed by atoms with Gasteiger partial charge >= 0.3 is 6.09 Å². The predicted molar refractivity (Wildman–Crippen MR) is 107 cm³/mol. The molecule has 1 atom stereocenters. The molecule has 0 radical (unpaired) electrons. The van der Waals surface area contributed by atoms with E-state index in [1.165, 1.54) is 0 Å². The Morgan fingerprint density at radius 1 is 1.29 bits per heavy atom. The van der Waals surface area contributed by atoms with Crippen LogP contribution in [0.25, 0.3) is 0 Å². The SMILES string of the molecule is CCc1ncc2n1CCN(C(=O)OC(C)(C)C)C2CCc1ccc(C#N)cc1. The molecule has 1 aliphatic rings. The minimum absolute atomic E-state index is 0.0768. The van der Waals surface area contributed by atoms with Gasteiger partial charge in [-0.2, -0.15) is 5.26 Å². The number of hydrogen-bond acceptors (Lipinski definition) is 4. The lowest BCUT2D eigenvalue weighted by Gasteiger charge is -2.38. The second-order valence-electron chi connectivity index (χ2n) is 8.14. The van der Waals surface area contributed by atoms with Crippen molar-refractivity contribution in [2.24, 2.45) is 0 Å². The molecule has 0 saturated heterocycles. The maximum Gasteiger partial charge on any atom is 0.410 e. The second-order valence-corrected chi connectivity index (χ2v) is 8.14. The van der Waals surface area contributed by atoms with E-state index in [2.05, 4.69) is 22.5 Å². The van der Waals surface area contributed by atoms with E-state index in [1.807, 2.05) is 56.1 Å².